The summed E-state index contributed by atoms with van der Waals surface area (Å²) in [6.45, 7) is 6.98. The monoisotopic (exact) mass is 370 g/mol. The van der Waals surface area contributed by atoms with E-state index in [4.69, 9.17) is 4.74 Å². The van der Waals surface area contributed by atoms with Gasteiger partial charge in [-0.25, -0.2) is 4.39 Å². The van der Waals surface area contributed by atoms with Crippen molar-refractivity contribution in [2.75, 3.05) is 31.6 Å². The van der Waals surface area contributed by atoms with Crippen molar-refractivity contribution >= 4 is 11.6 Å². The van der Waals surface area contributed by atoms with Gasteiger partial charge in [0.15, 0.2) is 0 Å². The van der Waals surface area contributed by atoms with Gasteiger partial charge in [0.25, 0.3) is 5.91 Å². The number of aryl methyl sites for hydroxylation is 1. The molecule has 27 heavy (non-hydrogen) atoms. The van der Waals surface area contributed by atoms with E-state index in [-0.39, 0.29) is 11.7 Å². The van der Waals surface area contributed by atoms with Crippen LogP contribution in [0.1, 0.15) is 35.7 Å². The van der Waals surface area contributed by atoms with E-state index < -0.39 is 0 Å². The maximum atomic E-state index is 12.9. The summed E-state index contributed by atoms with van der Waals surface area (Å²) >= 11 is 0. The minimum Gasteiger partial charge on any atom is -0.492 e. The molecule has 0 radical (unpaired) electrons. The lowest BCUT2D eigenvalue weighted by Gasteiger charge is -2.31. The van der Waals surface area contributed by atoms with Gasteiger partial charge in [0.05, 0.1) is 0 Å². The molecule has 0 bridgehead atoms. The Morgan fingerprint density at radius 2 is 2.04 bits per heavy atom. The molecule has 0 spiro atoms. The van der Waals surface area contributed by atoms with E-state index in [9.17, 15) is 9.18 Å². The highest BCUT2D eigenvalue weighted by Gasteiger charge is 2.22. The Balaban J connectivity index is 1.51. The number of likely N-dealkylation sites (tertiary alicyclic amines) is 1. The Kier molecular flexibility index (Phi) is 6.32. The molecule has 1 unspecified atom stereocenters. The fraction of sp³-hybridized carbons (Fsp3) is 0.409. The third-order valence-corrected chi connectivity index (χ3v) is 4.92. The highest BCUT2D eigenvalue weighted by atomic mass is 19.1. The number of rotatable bonds is 6. The maximum absolute atomic E-state index is 12.9. The number of nitrogens with zero attached hydrogens (tertiary/aromatic N) is 1. The molecule has 1 aliphatic rings. The predicted molar refractivity (Wildman–Crippen MR) is 106 cm³/mol. The van der Waals surface area contributed by atoms with Gasteiger partial charge in [-0.2, -0.15) is 0 Å². The molecule has 2 aromatic rings. The summed E-state index contributed by atoms with van der Waals surface area (Å²) in [5.41, 5.74) is 2.77. The first kappa shape index (κ1) is 19.2. The van der Waals surface area contributed by atoms with Crippen LogP contribution < -0.4 is 10.1 Å². The minimum absolute atomic E-state index is 0.121. The highest BCUT2D eigenvalue weighted by Crippen LogP contribution is 2.21. The number of hydrogen-bond donors (Lipinski definition) is 1. The molecule has 5 heteroatoms. The van der Waals surface area contributed by atoms with Gasteiger partial charge in [-0.1, -0.05) is 6.92 Å². The molecule has 1 amide bonds. The first-order valence-corrected chi connectivity index (χ1v) is 9.55. The van der Waals surface area contributed by atoms with Crippen LogP contribution in [0.5, 0.6) is 5.75 Å². The van der Waals surface area contributed by atoms with Crippen molar-refractivity contribution in [2.45, 2.75) is 26.7 Å². The van der Waals surface area contributed by atoms with E-state index >= 15 is 0 Å². The van der Waals surface area contributed by atoms with Crippen LogP contribution >= 0.6 is 0 Å². The van der Waals surface area contributed by atoms with Gasteiger partial charge in [-0.3, -0.25) is 4.79 Å². The molecule has 1 heterocycles. The number of piperidine rings is 1. The van der Waals surface area contributed by atoms with Gasteiger partial charge in [-0.05, 0) is 73.7 Å². The van der Waals surface area contributed by atoms with Crippen LogP contribution in [-0.2, 0) is 0 Å². The fourth-order valence-corrected chi connectivity index (χ4v) is 3.44. The van der Waals surface area contributed by atoms with E-state index in [0.717, 1.165) is 36.3 Å². The molecule has 2 aromatic carbocycles. The smallest absolute Gasteiger partial charge is 0.253 e. The summed E-state index contributed by atoms with van der Waals surface area (Å²) in [6.07, 6.45) is 2.28. The molecule has 1 fully saturated rings. The normalized spacial score (nSPS) is 16.9. The van der Waals surface area contributed by atoms with Crippen molar-refractivity contribution < 1.29 is 13.9 Å². The van der Waals surface area contributed by atoms with E-state index in [2.05, 4.69) is 12.2 Å². The second kappa shape index (κ2) is 8.89. The molecule has 3 rings (SSSR count). The first-order valence-electron chi connectivity index (χ1n) is 9.55. The van der Waals surface area contributed by atoms with Crippen molar-refractivity contribution in [1.29, 1.82) is 0 Å². The van der Waals surface area contributed by atoms with E-state index in [1.807, 2.05) is 30.0 Å². The van der Waals surface area contributed by atoms with Crippen molar-refractivity contribution in [3.8, 4) is 5.75 Å². The van der Waals surface area contributed by atoms with Crippen molar-refractivity contribution in [2.24, 2.45) is 5.92 Å². The summed E-state index contributed by atoms with van der Waals surface area (Å²) in [4.78, 5) is 14.7. The zero-order valence-electron chi connectivity index (χ0n) is 16.0. The summed E-state index contributed by atoms with van der Waals surface area (Å²) in [5.74, 6) is 1.07. The van der Waals surface area contributed by atoms with Crippen molar-refractivity contribution in [3.05, 3.63) is 59.4 Å². The first-order chi connectivity index (χ1) is 13.0. The third-order valence-electron chi connectivity index (χ3n) is 4.92. The van der Waals surface area contributed by atoms with Crippen LogP contribution in [-0.4, -0.2) is 37.0 Å². The standard InChI is InChI=1S/C22H27FN2O2/c1-16-4-3-12-25(15-16)22(26)18-5-10-21(17(2)14-18)24-11-13-27-20-8-6-19(23)7-9-20/h5-10,14,16,24H,3-4,11-13,15H2,1-2H3. The number of ether oxygens (including phenoxy) is 1. The quantitative estimate of drug-likeness (QED) is 0.762. The number of hydrogen-bond acceptors (Lipinski definition) is 3. The largest absolute Gasteiger partial charge is 0.492 e. The molecule has 1 N–H and O–H groups in total. The average molecular weight is 370 g/mol. The number of amides is 1. The number of halogens is 1. The lowest BCUT2D eigenvalue weighted by atomic mass is 9.99. The molecule has 144 valence electrons. The topological polar surface area (TPSA) is 41.6 Å². The number of anilines is 1. The Bertz CT molecular complexity index is 776. The summed E-state index contributed by atoms with van der Waals surface area (Å²) in [7, 11) is 0. The molecule has 1 aliphatic heterocycles. The van der Waals surface area contributed by atoms with Crippen LogP contribution in [0.2, 0.25) is 0 Å². The van der Waals surface area contributed by atoms with E-state index in [1.165, 1.54) is 18.6 Å². The molecule has 0 saturated carbocycles. The summed E-state index contributed by atoms with van der Waals surface area (Å²) in [6, 6.07) is 11.8. The zero-order valence-corrected chi connectivity index (χ0v) is 16.0. The predicted octanol–water partition coefficient (Wildman–Crippen LogP) is 4.50. The second-order valence-corrected chi connectivity index (χ2v) is 7.26. The number of carbonyl (C=O) groups excluding carboxylic acids is 1. The molecule has 4 nitrogen and oxygen atoms in total. The van der Waals surface area contributed by atoms with Crippen molar-refractivity contribution in [1.82, 2.24) is 4.90 Å². The molecular weight excluding hydrogens is 343 g/mol. The Morgan fingerprint density at radius 3 is 2.74 bits per heavy atom. The van der Waals surface area contributed by atoms with Crippen LogP contribution in [0.4, 0.5) is 10.1 Å². The van der Waals surface area contributed by atoms with Crippen LogP contribution in [0.15, 0.2) is 42.5 Å². The zero-order chi connectivity index (χ0) is 19.2. The van der Waals surface area contributed by atoms with Gasteiger partial charge in [-0.15, -0.1) is 0 Å². The molecule has 0 aromatic heterocycles. The third kappa shape index (κ3) is 5.22. The molecular formula is C22H27FN2O2. The minimum atomic E-state index is -0.273. The fourth-order valence-electron chi connectivity index (χ4n) is 3.44. The van der Waals surface area contributed by atoms with Crippen molar-refractivity contribution in [3.63, 3.8) is 0 Å². The van der Waals surface area contributed by atoms with E-state index in [1.54, 1.807) is 12.1 Å². The SMILES string of the molecule is Cc1cc(C(=O)N2CCCC(C)C2)ccc1NCCOc1ccc(F)cc1. The summed E-state index contributed by atoms with van der Waals surface area (Å²) < 4.78 is 18.5. The lowest BCUT2D eigenvalue weighted by molar-refractivity contribution is 0.0683. The van der Waals surface area contributed by atoms with Crippen LogP contribution in [0, 0.1) is 18.7 Å². The van der Waals surface area contributed by atoms with E-state index in [0.29, 0.717) is 24.8 Å². The molecule has 1 saturated heterocycles. The maximum Gasteiger partial charge on any atom is 0.253 e. The molecule has 0 aliphatic carbocycles. The van der Waals surface area contributed by atoms with Gasteiger partial charge in [0.2, 0.25) is 0 Å². The number of nitrogens with one attached hydrogen (secondary N) is 1. The Morgan fingerprint density at radius 1 is 1.26 bits per heavy atom. The van der Waals surface area contributed by atoms with Gasteiger partial charge in [0.1, 0.15) is 18.2 Å². The Labute approximate surface area is 160 Å². The molecule has 1 atom stereocenters. The van der Waals surface area contributed by atoms with Crippen LogP contribution in [0.3, 0.4) is 0 Å². The second-order valence-electron chi connectivity index (χ2n) is 7.26. The Hall–Kier alpha value is -2.56. The number of benzene rings is 2. The van der Waals surface area contributed by atoms with Gasteiger partial charge in [0, 0.05) is 30.9 Å². The highest BCUT2D eigenvalue weighted by molar-refractivity contribution is 5.95. The number of carbonyl (C=O) groups is 1. The lowest BCUT2D eigenvalue weighted by Crippen LogP contribution is -2.39. The van der Waals surface area contributed by atoms with Gasteiger partial charge < -0.3 is 15.0 Å². The van der Waals surface area contributed by atoms with Gasteiger partial charge >= 0.3 is 0 Å². The van der Waals surface area contributed by atoms with Crippen LogP contribution in [0.25, 0.3) is 0 Å². The average Bonchev–Trinajstić information content (AvgIpc) is 2.67. The summed E-state index contributed by atoms with van der Waals surface area (Å²) in [5, 5.41) is 3.32.